The average Bonchev–Trinajstić information content (AvgIpc) is 2.50. The SMILES string of the molecule is c1cnc(N2CCN(CC3CCCCC3)CC2)nc1. The highest BCUT2D eigenvalue weighted by molar-refractivity contribution is 5.29. The van der Waals surface area contributed by atoms with E-state index >= 15 is 0 Å². The molecule has 0 radical (unpaired) electrons. The second kappa shape index (κ2) is 6.33. The van der Waals surface area contributed by atoms with Gasteiger partial charge in [0.2, 0.25) is 5.95 Å². The molecule has 1 saturated carbocycles. The van der Waals surface area contributed by atoms with Gasteiger partial charge in [0.25, 0.3) is 0 Å². The van der Waals surface area contributed by atoms with Crippen molar-refractivity contribution in [3.8, 4) is 0 Å². The van der Waals surface area contributed by atoms with Gasteiger partial charge in [-0.3, -0.25) is 4.90 Å². The first-order chi connectivity index (χ1) is 9.42. The Kier molecular flexibility index (Phi) is 4.28. The zero-order chi connectivity index (χ0) is 12.9. The summed E-state index contributed by atoms with van der Waals surface area (Å²) in [6.45, 7) is 5.76. The average molecular weight is 260 g/mol. The molecule has 1 aliphatic heterocycles. The van der Waals surface area contributed by atoms with Crippen LogP contribution in [-0.4, -0.2) is 47.6 Å². The second-order valence-electron chi connectivity index (χ2n) is 5.84. The summed E-state index contributed by atoms with van der Waals surface area (Å²) in [5.41, 5.74) is 0. The van der Waals surface area contributed by atoms with E-state index in [1.807, 2.05) is 18.5 Å². The quantitative estimate of drug-likeness (QED) is 0.834. The minimum Gasteiger partial charge on any atom is -0.338 e. The highest BCUT2D eigenvalue weighted by atomic mass is 15.3. The third-order valence-corrected chi connectivity index (χ3v) is 4.45. The smallest absolute Gasteiger partial charge is 0.225 e. The number of nitrogens with zero attached hydrogens (tertiary/aromatic N) is 4. The third-order valence-electron chi connectivity index (χ3n) is 4.45. The van der Waals surface area contributed by atoms with E-state index in [9.17, 15) is 0 Å². The summed E-state index contributed by atoms with van der Waals surface area (Å²) in [4.78, 5) is 13.6. The van der Waals surface area contributed by atoms with E-state index in [4.69, 9.17) is 0 Å². The molecule has 1 saturated heterocycles. The Bertz CT molecular complexity index is 367. The Hall–Kier alpha value is -1.16. The van der Waals surface area contributed by atoms with Crippen LogP contribution in [-0.2, 0) is 0 Å². The van der Waals surface area contributed by atoms with E-state index < -0.39 is 0 Å². The van der Waals surface area contributed by atoms with Crippen molar-refractivity contribution in [1.29, 1.82) is 0 Å². The van der Waals surface area contributed by atoms with E-state index in [1.54, 1.807) is 0 Å². The lowest BCUT2D eigenvalue weighted by molar-refractivity contribution is 0.191. The lowest BCUT2D eigenvalue weighted by atomic mass is 9.89. The van der Waals surface area contributed by atoms with Gasteiger partial charge in [0.15, 0.2) is 0 Å². The van der Waals surface area contributed by atoms with E-state index in [0.29, 0.717) is 0 Å². The predicted octanol–water partition coefficient (Wildman–Crippen LogP) is 2.18. The van der Waals surface area contributed by atoms with Crippen LogP contribution in [0.15, 0.2) is 18.5 Å². The lowest BCUT2D eigenvalue weighted by Gasteiger charge is -2.37. The molecule has 0 amide bonds. The summed E-state index contributed by atoms with van der Waals surface area (Å²) in [6, 6.07) is 1.88. The molecule has 104 valence electrons. The van der Waals surface area contributed by atoms with Crippen LogP contribution >= 0.6 is 0 Å². The molecule has 0 bridgehead atoms. The molecule has 1 aliphatic carbocycles. The summed E-state index contributed by atoms with van der Waals surface area (Å²) in [7, 11) is 0. The van der Waals surface area contributed by atoms with Gasteiger partial charge in [-0.25, -0.2) is 9.97 Å². The van der Waals surface area contributed by atoms with Gasteiger partial charge in [0.05, 0.1) is 0 Å². The van der Waals surface area contributed by atoms with E-state index in [1.165, 1.54) is 38.6 Å². The Morgan fingerprint density at radius 1 is 0.947 bits per heavy atom. The fourth-order valence-electron chi connectivity index (χ4n) is 3.32. The topological polar surface area (TPSA) is 32.3 Å². The molecule has 1 aromatic heterocycles. The second-order valence-corrected chi connectivity index (χ2v) is 5.84. The van der Waals surface area contributed by atoms with Crippen molar-refractivity contribution in [3.63, 3.8) is 0 Å². The number of rotatable bonds is 3. The Morgan fingerprint density at radius 3 is 2.32 bits per heavy atom. The molecule has 1 aromatic rings. The third kappa shape index (κ3) is 3.44. The van der Waals surface area contributed by atoms with Crippen molar-refractivity contribution in [2.24, 2.45) is 5.92 Å². The standard InChI is InChI=1S/C15H24N4/c1-2-5-14(6-3-1)13-18-9-11-19(12-10-18)15-16-7-4-8-17-15/h4,7-8,14H,1-3,5-6,9-13H2. The molecule has 2 aliphatic rings. The number of aromatic nitrogens is 2. The van der Waals surface area contributed by atoms with Crippen molar-refractivity contribution < 1.29 is 0 Å². The van der Waals surface area contributed by atoms with Gasteiger partial charge in [-0.15, -0.1) is 0 Å². The van der Waals surface area contributed by atoms with Crippen LogP contribution in [0.25, 0.3) is 0 Å². The number of hydrogen-bond acceptors (Lipinski definition) is 4. The number of hydrogen-bond donors (Lipinski definition) is 0. The summed E-state index contributed by atoms with van der Waals surface area (Å²) >= 11 is 0. The zero-order valence-electron chi connectivity index (χ0n) is 11.7. The van der Waals surface area contributed by atoms with Crippen LogP contribution < -0.4 is 4.90 Å². The van der Waals surface area contributed by atoms with Crippen LogP contribution in [0.3, 0.4) is 0 Å². The van der Waals surface area contributed by atoms with E-state index in [2.05, 4.69) is 19.8 Å². The Morgan fingerprint density at radius 2 is 1.63 bits per heavy atom. The van der Waals surface area contributed by atoms with E-state index in [-0.39, 0.29) is 0 Å². The molecule has 2 heterocycles. The fourth-order valence-corrected chi connectivity index (χ4v) is 3.32. The van der Waals surface area contributed by atoms with Crippen molar-refractivity contribution in [3.05, 3.63) is 18.5 Å². The van der Waals surface area contributed by atoms with Crippen molar-refractivity contribution in [2.75, 3.05) is 37.6 Å². The van der Waals surface area contributed by atoms with Gasteiger partial charge in [-0.05, 0) is 24.8 Å². The minimum absolute atomic E-state index is 0.889. The van der Waals surface area contributed by atoms with Gasteiger partial charge in [-0.1, -0.05) is 19.3 Å². The van der Waals surface area contributed by atoms with Crippen LogP contribution in [0.4, 0.5) is 5.95 Å². The first kappa shape index (κ1) is 12.9. The highest BCUT2D eigenvalue weighted by Gasteiger charge is 2.22. The summed E-state index contributed by atoms with van der Waals surface area (Å²) < 4.78 is 0. The Balaban J connectivity index is 1.46. The Labute approximate surface area is 115 Å². The maximum Gasteiger partial charge on any atom is 0.225 e. The predicted molar refractivity (Wildman–Crippen MR) is 77.3 cm³/mol. The maximum absolute atomic E-state index is 4.34. The first-order valence-electron chi connectivity index (χ1n) is 7.66. The van der Waals surface area contributed by atoms with Crippen LogP contribution in [0.5, 0.6) is 0 Å². The molecule has 0 atom stereocenters. The molecular weight excluding hydrogens is 236 g/mol. The van der Waals surface area contributed by atoms with Crippen molar-refractivity contribution in [1.82, 2.24) is 14.9 Å². The maximum atomic E-state index is 4.34. The molecule has 3 rings (SSSR count). The van der Waals surface area contributed by atoms with Crippen molar-refractivity contribution in [2.45, 2.75) is 32.1 Å². The van der Waals surface area contributed by atoms with Gasteiger partial charge in [-0.2, -0.15) is 0 Å². The van der Waals surface area contributed by atoms with Gasteiger partial charge >= 0.3 is 0 Å². The summed E-state index contributed by atoms with van der Waals surface area (Å²) in [5, 5.41) is 0. The van der Waals surface area contributed by atoms with Crippen molar-refractivity contribution >= 4 is 5.95 Å². The monoisotopic (exact) mass is 260 g/mol. The molecule has 2 fully saturated rings. The minimum atomic E-state index is 0.889. The molecule has 0 aromatic carbocycles. The highest BCUT2D eigenvalue weighted by Crippen LogP contribution is 2.24. The molecular formula is C15H24N4. The molecule has 19 heavy (non-hydrogen) atoms. The molecule has 0 spiro atoms. The molecule has 4 heteroatoms. The normalized spacial score (nSPS) is 22.6. The molecule has 4 nitrogen and oxygen atoms in total. The summed E-state index contributed by atoms with van der Waals surface area (Å²) in [5.74, 6) is 1.84. The van der Waals surface area contributed by atoms with Gasteiger partial charge in [0.1, 0.15) is 0 Å². The van der Waals surface area contributed by atoms with E-state index in [0.717, 1.165) is 38.0 Å². The summed E-state index contributed by atoms with van der Waals surface area (Å²) in [6.07, 6.45) is 10.9. The van der Waals surface area contributed by atoms with Gasteiger partial charge < -0.3 is 4.90 Å². The number of anilines is 1. The first-order valence-corrected chi connectivity index (χ1v) is 7.66. The molecule has 0 N–H and O–H groups in total. The largest absolute Gasteiger partial charge is 0.338 e. The van der Waals surface area contributed by atoms with Crippen LogP contribution in [0.2, 0.25) is 0 Å². The van der Waals surface area contributed by atoms with Gasteiger partial charge in [0, 0.05) is 45.1 Å². The van der Waals surface area contributed by atoms with Crippen LogP contribution in [0.1, 0.15) is 32.1 Å². The fraction of sp³-hybridized carbons (Fsp3) is 0.733. The van der Waals surface area contributed by atoms with Crippen LogP contribution in [0, 0.1) is 5.92 Å². The lowest BCUT2D eigenvalue weighted by Crippen LogP contribution is -2.48. The molecule has 0 unspecified atom stereocenters. The zero-order valence-corrected chi connectivity index (χ0v) is 11.7. The number of piperazine rings is 1.